The van der Waals surface area contributed by atoms with Gasteiger partial charge in [-0.25, -0.2) is 0 Å². The summed E-state index contributed by atoms with van der Waals surface area (Å²) in [6.45, 7) is -0.396. The monoisotopic (exact) mass is 469 g/mol. The molecule has 2 N–H and O–H groups in total. The van der Waals surface area contributed by atoms with Crippen molar-refractivity contribution in [2.24, 2.45) is 5.73 Å². The number of nitrogens with two attached hydrogens (primary N) is 1. The lowest BCUT2D eigenvalue weighted by atomic mass is 10.0. The molecule has 1 heterocycles. The SMILES string of the molecule is Cl.NC(COCc1cc(C(F)(F)F)cc(C(F)(F)F)c1)Cc1csc2ccccc12. The van der Waals surface area contributed by atoms with E-state index in [2.05, 4.69) is 0 Å². The van der Waals surface area contributed by atoms with Crippen molar-refractivity contribution in [3.8, 4) is 0 Å². The zero-order valence-electron chi connectivity index (χ0n) is 15.4. The molecule has 2 nitrogen and oxygen atoms in total. The van der Waals surface area contributed by atoms with Gasteiger partial charge in [0.25, 0.3) is 0 Å². The fraction of sp³-hybridized carbons (Fsp3) is 0.300. The highest BCUT2D eigenvalue weighted by Crippen LogP contribution is 2.36. The molecule has 0 amide bonds. The number of hydrogen-bond donors (Lipinski definition) is 1. The molecular formula is C20H18ClF6NOS. The number of fused-ring (bicyclic) bond motifs is 1. The van der Waals surface area contributed by atoms with Crippen LogP contribution in [0.15, 0.2) is 47.8 Å². The van der Waals surface area contributed by atoms with Crippen LogP contribution >= 0.6 is 23.7 Å². The molecule has 0 radical (unpaired) electrons. The van der Waals surface area contributed by atoms with E-state index in [1.54, 1.807) is 11.3 Å². The predicted octanol–water partition coefficient (Wildman–Crippen LogP) is 6.45. The van der Waals surface area contributed by atoms with Gasteiger partial charge in [0.1, 0.15) is 0 Å². The summed E-state index contributed by atoms with van der Waals surface area (Å²) >= 11 is 1.57. The quantitative estimate of drug-likeness (QED) is 0.421. The molecule has 0 aliphatic rings. The third kappa shape index (κ3) is 6.10. The number of alkyl halides is 6. The predicted molar refractivity (Wildman–Crippen MR) is 107 cm³/mol. The summed E-state index contributed by atoms with van der Waals surface area (Å²) in [5, 5.41) is 3.05. The Balaban J connectivity index is 0.00000320. The highest BCUT2D eigenvalue weighted by molar-refractivity contribution is 7.17. The Hall–Kier alpha value is -1.81. The standard InChI is InChI=1S/C20H17F6NOS.ClH/c21-19(22,23)14-5-12(6-15(8-14)20(24,25)26)9-28-10-16(27)7-13-11-29-18-4-2-1-3-17(13)18;/h1-6,8,11,16H,7,9-10,27H2;1H. The average Bonchev–Trinajstić information content (AvgIpc) is 3.03. The molecule has 3 aromatic rings. The molecule has 2 aromatic carbocycles. The minimum atomic E-state index is -4.88. The van der Waals surface area contributed by atoms with Crippen molar-refractivity contribution < 1.29 is 31.1 Å². The summed E-state index contributed by atoms with van der Waals surface area (Å²) in [5.74, 6) is 0. The van der Waals surface area contributed by atoms with Crippen LogP contribution in [-0.2, 0) is 30.1 Å². The first kappa shape index (κ1) is 24.5. The topological polar surface area (TPSA) is 35.2 Å². The molecule has 30 heavy (non-hydrogen) atoms. The van der Waals surface area contributed by atoms with E-state index in [-0.39, 0.29) is 30.6 Å². The van der Waals surface area contributed by atoms with E-state index >= 15 is 0 Å². The highest BCUT2D eigenvalue weighted by Gasteiger charge is 2.36. The van der Waals surface area contributed by atoms with E-state index in [9.17, 15) is 26.3 Å². The molecule has 0 saturated carbocycles. The molecule has 0 spiro atoms. The number of benzene rings is 2. The summed E-state index contributed by atoms with van der Waals surface area (Å²) in [4.78, 5) is 0. The van der Waals surface area contributed by atoms with Crippen molar-refractivity contribution >= 4 is 33.8 Å². The fourth-order valence-electron chi connectivity index (χ4n) is 2.96. The van der Waals surface area contributed by atoms with E-state index in [4.69, 9.17) is 10.5 Å². The molecule has 10 heteroatoms. The van der Waals surface area contributed by atoms with Crippen LogP contribution in [0.25, 0.3) is 10.1 Å². The smallest absolute Gasteiger partial charge is 0.375 e. The Morgan fingerprint density at radius 1 is 0.933 bits per heavy atom. The lowest BCUT2D eigenvalue weighted by molar-refractivity contribution is -0.143. The normalized spacial score (nSPS) is 13.3. The molecule has 0 fully saturated rings. The van der Waals surface area contributed by atoms with Crippen LogP contribution in [0, 0.1) is 0 Å². The van der Waals surface area contributed by atoms with Crippen molar-refractivity contribution in [2.75, 3.05) is 6.61 Å². The van der Waals surface area contributed by atoms with Gasteiger partial charge in [0.15, 0.2) is 0 Å². The van der Waals surface area contributed by atoms with Crippen molar-refractivity contribution in [1.29, 1.82) is 0 Å². The second-order valence-corrected chi connectivity index (χ2v) is 7.56. The Morgan fingerprint density at radius 3 is 2.13 bits per heavy atom. The van der Waals surface area contributed by atoms with Crippen LogP contribution in [0.1, 0.15) is 22.3 Å². The van der Waals surface area contributed by atoms with Crippen LogP contribution in [0.4, 0.5) is 26.3 Å². The molecule has 0 aliphatic heterocycles. The van der Waals surface area contributed by atoms with Gasteiger partial charge in [-0.15, -0.1) is 23.7 Å². The van der Waals surface area contributed by atoms with Crippen LogP contribution in [0.5, 0.6) is 0 Å². The van der Waals surface area contributed by atoms with E-state index in [0.29, 0.717) is 18.6 Å². The van der Waals surface area contributed by atoms with Crippen molar-refractivity contribution in [3.05, 3.63) is 70.1 Å². The minimum absolute atomic E-state index is 0. The highest BCUT2D eigenvalue weighted by atomic mass is 35.5. The average molecular weight is 470 g/mol. The zero-order chi connectivity index (χ0) is 21.2. The maximum Gasteiger partial charge on any atom is 0.416 e. The van der Waals surface area contributed by atoms with E-state index in [1.807, 2.05) is 29.6 Å². The van der Waals surface area contributed by atoms with Gasteiger partial charge in [-0.3, -0.25) is 0 Å². The Labute approximate surface area is 179 Å². The second-order valence-electron chi connectivity index (χ2n) is 6.65. The number of ether oxygens (including phenoxy) is 1. The molecule has 3 rings (SSSR count). The molecule has 1 aromatic heterocycles. The summed E-state index contributed by atoms with van der Waals surface area (Å²) in [5.41, 5.74) is 4.14. The van der Waals surface area contributed by atoms with E-state index < -0.39 is 36.1 Å². The summed E-state index contributed by atoms with van der Waals surface area (Å²) in [7, 11) is 0. The molecule has 0 aliphatic carbocycles. The van der Waals surface area contributed by atoms with Gasteiger partial charge in [0.2, 0.25) is 0 Å². The van der Waals surface area contributed by atoms with Crippen LogP contribution < -0.4 is 5.73 Å². The summed E-state index contributed by atoms with van der Waals surface area (Å²) in [6.07, 6.45) is -9.28. The third-order valence-electron chi connectivity index (χ3n) is 4.29. The number of rotatable bonds is 6. The van der Waals surface area contributed by atoms with Gasteiger partial charge in [-0.2, -0.15) is 26.3 Å². The number of hydrogen-bond acceptors (Lipinski definition) is 3. The Kier molecular flexibility index (Phi) is 7.79. The van der Waals surface area contributed by atoms with Gasteiger partial charge in [-0.05, 0) is 52.6 Å². The van der Waals surface area contributed by atoms with Crippen molar-refractivity contribution in [1.82, 2.24) is 0 Å². The van der Waals surface area contributed by atoms with E-state index in [1.165, 1.54) is 0 Å². The molecular weight excluding hydrogens is 452 g/mol. The zero-order valence-corrected chi connectivity index (χ0v) is 17.0. The largest absolute Gasteiger partial charge is 0.416 e. The van der Waals surface area contributed by atoms with Gasteiger partial charge >= 0.3 is 12.4 Å². The third-order valence-corrected chi connectivity index (χ3v) is 5.30. The van der Waals surface area contributed by atoms with Gasteiger partial charge in [0, 0.05) is 10.7 Å². The van der Waals surface area contributed by atoms with Crippen molar-refractivity contribution in [2.45, 2.75) is 31.4 Å². The molecule has 164 valence electrons. The first-order chi connectivity index (χ1) is 13.5. The Morgan fingerprint density at radius 2 is 1.53 bits per heavy atom. The first-order valence-corrected chi connectivity index (χ1v) is 9.49. The van der Waals surface area contributed by atoms with Gasteiger partial charge in [0.05, 0.1) is 24.3 Å². The molecule has 0 bridgehead atoms. The van der Waals surface area contributed by atoms with Gasteiger partial charge < -0.3 is 10.5 Å². The summed E-state index contributed by atoms with van der Waals surface area (Å²) in [6, 6.07) is 8.76. The van der Waals surface area contributed by atoms with Crippen LogP contribution in [-0.4, -0.2) is 12.6 Å². The molecule has 1 atom stereocenters. The lowest BCUT2D eigenvalue weighted by Crippen LogP contribution is -2.28. The van der Waals surface area contributed by atoms with Crippen LogP contribution in [0.2, 0.25) is 0 Å². The Bertz CT molecular complexity index is 953. The van der Waals surface area contributed by atoms with E-state index in [0.717, 1.165) is 15.6 Å². The first-order valence-electron chi connectivity index (χ1n) is 8.61. The van der Waals surface area contributed by atoms with Gasteiger partial charge in [-0.1, -0.05) is 18.2 Å². The maximum atomic E-state index is 12.9. The maximum absolute atomic E-state index is 12.9. The minimum Gasteiger partial charge on any atom is -0.375 e. The lowest BCUT2D eigenvalue weighted by Gasteiger charge is -2.15. The second kappa shape index (κ2) is 9.55. The van der Waals surface area contributed by atoms with Crippen molar-refractivity contribution in [3.63, 3.8) is 0 Å². The van der Waals surface area contributed by atoms with Crippen LogP contribution in [0.3, 0.4) is 0 Å². The summed E-state index contributed by atoms with van der Waals surface area (Å²) < 4.78 is 83.8. The molecule has 1 unspecified atom stereocenters. The number of halogens is 7. The number of thiophene rings is 1. The fourth-order valence-corrected chi connectivity index (χ4v) is 3.94. The molecule has 0 saturated heterocycles.